The van der Waals surface area contributed by atoms with Crippen LogP contribution in [0.5, 0.6) is 0 Å². The maximum Gasteiger partial charge on any atom is 0.206 e. The first-order valence-electron chi connectivity index (χ1n) is 8.48. The summed E-state index contributed by atoms with van der Waals surface area (Å²) in [6.45, 7) is 9.25. The third kappa shape index (κ3) is 3.80. The fourth-order valence-corrected chi connectivity index (χ4v) is 3.63. The van der Waals surface area contributed by atoms with E-state index in [0.29, 0.717) is 0 Å². The average Bonchev–Trinajstić information content (AvgIpc) is 3.00. The predicted octanol–water partition coefficient (Wildman–Crippen LogP) is 4.94. The Morgan fingerprint density at radius 1 is 1.00 bits per heavy atom. The van der Waals surface area contributed by atoms with E-state index >= 15 is 0 Å². The van der Waals surface area contributed by atoms with Crippen molar-refractivity contribution in [3.63, 3.8) is 0 Å². The van der Waals surface area contributed by atoms with Gasteiger partial charge < -0.3 is 0 Å². The van der Waals surface area contributed by atoms with Crippen molar-refractivity contribution in [2.24, 2.45) is 10.1 Å². The summed E-state index contributed by atoms with van der Waals surface area (Å²) < 4.78 is 1.96. The predicted molar refractivity (Wildman–Crippen MR) is 107 cm³/mol. The standard InChI is InChI=1S/C21H23N3S/c1-5-22-21-24(23-13-18-9-7-6-8-10-18)20(14-25-21)19-12-16(3)15(2)11-17(19)4/h6-14H,5H2,1-4H3. The van der Waals surface area contributed by atoms with E-state index in [9.17, 15) is 0 Å². The maximum absolute atomic E-state index is 4.73. The molecular weight excluding hydrogens is 326 g/mol. The van der Waals surface area contributed by atoms with Crippen LogP contribution in [0.15, 0.2) is 57.9 Å². The third-order valence-corrected chi connectivity index (χ3v) is 5.07. The number of hydrogen-bond acceptors (Lipinski definition) is 3. The molecule has 0 saturated heterocycles. The normalized spacial score (nSPS) is 12.2. The van der Waals surface area contributed by atoms with Gasteiger partial charge in [-0.25, -0.2) is 4.68 Å². The van der Waals surface area contributed by atoms with Gasteiger partial charge in [-0.1, -0.05) is 36.4 Å². The Morgan fingerprint density at radius 3 is 2.44 bits per heavy atom. The summed E-state index contributed by atoms with van der Waals surface area (Å²) >= 11 is 1.63. The first kappa shape index (κ1) is 17.4. The number of rotatable bonds is 4. The first-order chi connectivity index (χ1) is 12.1. The maximum atomic E-state index is 4.73. The lowest BCUT2D eigenvalue weighted by atomic mass is 9.99. The monoisotopic (exact) mass is 349 g/mol. The largest absolute Gasteiger partial charge is 0.258 e. The molecule has 0 radical (unpaired) electrons. The van der Waals surface area contributed by atoms with Crippen molar-refractivity contribution in [1.29, 1.82) is 0 Å². The van der Waals surface area contributed by atoms with Crippen molar-refractivity contribution in [1.82, 2.24) is 4.68 Å². The van der Waals surface area contributed by atoms with Gasteiger partial charge in [0.1, 0.15) is 0 Å². The smallest absolute Gasteiger partial charge is 0.206 e. The molecule has 0 fully saturated rings. The molecule has 0 bridgehead atoms. The molecule has 0 aliphatic rings. The van der Waals surface area contributed by atoms with Crippen molar-refractivity contribution < 1.29 is 0 Å². The molecule has 0 aliphatic carbocycles. The molecule has 0 unspecified atom stereocenters. The highest BCUT2D eigenvalue weighted by atomic mass is 32.1. The van der Waals surface area contributed by atoms with Crippen LogP contribution < -0.4 is 4.80 Å². The Morgan fingerprint density at radius 2 is 1.72 bits per heavy atom. The van der Waals surface area contributed by atoms with Gasteiger partial charge in [-0.2, -0.15) is 5.10 Å². The van der Waals surface area contributed by atoms with Crippen LogP contribution in [0.3, 0.4) is 0 Å². The summed E-state index contributed by atoms with van der Waals surface area (Å²) in [6, 6.07) is 14.6. The van der Waals surface area contributed by atoms with E-state index in [2.05, 4.69) is 43.3 Å². The minimum Gasteiger partial charge on any atom is -0.258 e. The van der Waals surface area contributed by atoms with E-state index in [0.717, 1.165) is 22.6 Å². The van der Waals surface area contributed by atoms with Gasteiger partial charge in [0.25, 0.3) is 0 Å². The quantitative estimate of drug-likeness (QED) is 0.597. The fourth-order valence-electron chi connectivity index (χ4n) is 2.74. The summed E-state index contributed by atoms with van der Waals surface area (Å²) in [7, 11) is 0. The number of aryl methyl sites for hydroxylation is 3. The lowest BCUT2D eigenvalue weighted by Gasteiger charge is -2.10. The van der Waals surface area contributed by atoms with Gasteiger partial charge in [0.15, 0.2) is 0 Å². The Labute approximate surface area is 153 Å². The minimum atomic E-state index is 0.743. The summed E-state index contributed by atoms with van der Waals surface area (Å²) in [5.74, 6) is 0. The van der Waals surface area contributed by atoms with E-state index in [4.69, 9.17) is 5.10 Å². The van der Waals surface area contributed by atoms with Gasteiger partial charge in [0.2, 0.25) is 4.80 Å². The van der Waals surface area contributed by atoms with Gasteiger partial charge in [0, 0.05) is 17.5 Å². The third-order valence-electron chi connectivity index (χ3n) is 4.22. The highest BCUT2D eigenvalue weighted by Gasteiger charge is 2.11. The van der Waals surface area contributed by atoms with Crippen LogP contribution in [-0.4, -0.2) is 17.4 Å². The Balaban J connectivity index is 2.14. The molecule has 128 valence electrons. The first-order valence-corrected chi connectivity index (χ1v) is 9.36. The molecule has 3 aromatic rings. The second kappa shape index (κ2) is 7.62. The highest BCUT2D eigenvalue weighted by molar-refractivity contribution is 7.07. The van der Waals surface area contributed by atoms with E-state index in [1.165, 1.54) is 22.3 Å². The van der Waals surface area contributed by atoms with Crippen molar-refractivity contribution in [3.8, 4) is 11.3 Å². The van der Waals surface area contributed by atoms with Crippen LogP contribution in [0.1, 0.15) is 29.2 Å². The van der Waals surface area contributed by atoms with Gasteiger partial charge >= 0.3 is 0 Å². The molecule has 4 heteroatoms. The summed E-state index contributed by atoms with van der Waals surface area (Å²) in [4.78, 5) is 5.52. The van der Waals surface area contributed by atoms with Crippen LogP contribution in [0.25, 0.3) is 11.3 Å². The van der Waals surface area contributed by atoms with E-state index < -0.39 is 0 Å². The van der Waals surface area contributed by atoms with Crippen LogP contribution in [0.4, 0.5) is 0 Å². The van der Waals surface area contributed by atoms with Crippen molar-refractivity contribution in [2.75, 3.05) is 6.54 Å². The average molecular weight is 350 g/mol. The highest BCUT2D eigenvalue weighted by Crippen LogP contribution is 2.27. The Kier molecular flexibility index (Phi) is 5.29. The molecule has 1 heterocycles. The lowest BCUT2D eigenvalue weighted by Crippen LogP contribution is -2.12. The molecule has 25 heavy (non-hydrogen) atoms. The SMILES string of the molecule is CCN=c1scc(-c2cc(C)c(C)cc2C)n1N=Cc1ccccc1. The van der Waals surface area contributed by atoms with Crippen LogP contribution in [0.2, 0.25) is 0 Å². The van der Waals surface area contributed by atoms with E-state index in [1.807, 2.05) is 48.1 Å². The molecule has 0 spiro atoms. The van der Waals surface area contributed by atoms with E-state index in [-0.39, 0.29) is 0 Å². The summed E-state index contributed by atoms with van der Waals surface area (Å²) in [5, 5.41) is 6.88. The molecule has 2 aromatic carbocycles. The second-order valence-electron chi connectivity index (χ2n) is 6.10. The number of thiazole rings is 1. The molecule has 3 nitrogen and oxygen atoms in total. The van der Waals surface area contributed by atoms with Crippen molar-refractivity contribution in [3.05, 3.63) is 74.9 Å². The molecule has 0 saturated carbocycles. The zero-order chi connectivity index (χ0) is 17.8. The number of aromatic nitrogens is 1. The summed E-state index contributed by atoms with van der Waals surface area (Å²) in [6.07, 6.45) is 1.89. The Bertz CT molecular complexity index is 963. The molecular formula is C21H23N3S. The van der Waals surface area contributed by atoms with Crippen molar-refractivity contribution in [2.45, 2.75) is 27.7 Å². The van der Waals surface area contributed by atoms with Crippen LogP contribution in [-0.2, 0) is 0 Å². The molecule has 0 N–H and O–H groups in total. The molecule has 1 aromatic heterocycles. The molecule has 3 rings (SSSR count). The van der Waals surface area contributed by atoms with Gasteiger partial charge in [-0.3, -0.25) is 4.99 Å². The molecule has 0 amide bonds. The van der Waals surface area contributed by atoms with Gasteiger partial charge in [0.05, 0.1) is 11.9 Å². The number of hydrogen-bond donors (Lipinski definition) is 0. The van der Waals surface area contributed by atoms with Gasteiger partial charge in [-0.05, 0) is 56.0 Å². The fraction of sp³-hybridized carbons (Fsp3) is 0.238. The summed E-state index contributed by atoms with van der Waals surface area (Å²) in [5.41, 5.74) is 7.24. The molecule has 0 atom stereocenters. The van der Waals surface area contributed by atoms with Crippen LogP contribution in [0, 0.1) is 20.8 Å². The molecule has 0 aliphatic heterocycles. The number of benzene rings is 2. The number of nitrogens with zero attached hydrogens (tertiary/aromatic N) is 3. The zero-order valence-corrected chi connectivity index (χ0v) is 16.0. The van der Waals surface area contributed by atoms with E-state index in [1.54, 1.807) is 11.3 Å². The lowest BCUT2D eigenvalue weighted by molar-refractivity contribution is 0.832. The van der Waals surface area contributed by atoms with Crippen LogP contribution >= 0.6 is 11.3 Å². The second-order valence-corrected chi connectivity index (χ2v) is 6.93. The van der Waals surface area contributed by atoms with Crippen molar-refractivity contribution >= 4 is 17.6 Å². The Hall–Kier alpha value is -2.46. The van der Waals surface area contributed by atoms with Gasteiger partial charge in [-0.15, -0.1) is 11.3 Å². The minimum absolute atomic E-state index is 0.743. The zero-order valence-electron chi connectivity index (χ0n) is 15.2. The topological polar surface area (TPSA) is 29.6 Å².